The summed E-state index contributed by atoms with van der Waals surface area (Å²) in [6.45, 7) is 8.94. The maximum atomic E-state index is 12.3. The summed E-state index contributed by atoms with van der Waals surface area (Å²) in [6, 6.07) is 6.30. The van der Waals surface area contributed by atoms with E-state index in [0.717, 1.165) is 70.2 Å². The summed E-state index contributed by atoms with van der Waals surface area (Å²) in [5.41, 5.74) is 2.24. The van der Waals surface area contributed by atoms with Crippen LogP contribution in [0.3, 0.4) is 0 Å². The number of aryl methyl sites for hydroxylation is 1. The highest BCUT2D eigenvalue weighted by Crippen LogP contribution is 2.41. The topological polar surface area (TPSA) is 132 Å². The number of carbonyl (C=O) groups is 3. The summed E-state index contributed by atoms with van der Waals surface area (Å²) < 4.78 is 69.3. The predicted octanol–water partition coefficient (Wildman–Crippen LogP) is 2.91. The van der Waals surface area contributed by atoms with E-state index in [4.69, 9.17) is 24.5 Å². The number of hydrogen-bond acceptors (Lipinski definition) is 6. The smallest absolute Gasteiger partial charge is 0.475 e. The Morgan fingerprint density at radius 1 is 1.08 bits per heavy atom. The number of halogens is 6. The van der Waals surface area contributed by atoms with Gasteiger partial charge in [0.05, 0.1) is 18.9 Å². The summed E-state index contributed by atoms with van der Waals surface area (Å²) in [5, 5.41) is 17.4. The summed E-state index contributed by atoms with van der Waals surface area (Å²) in [4.78, 5) is 39.2. The van der Waals surface area contributed by atoms with Gasteiger partial charge in [-0.05, 0) is 31.9 Å². The number of aliphatic carboxylic acids is 2. The Kier molecular flexibility index (Phi) is 10.9. The molecule has 10 nitrogen and oxygen atoms in total. The fourth-order valence-electron chi connectivity index (χ4n) is 4.51. The number of pyridine rings is 1. The van der Waals surface area contributed by atoms with Crippen molar-refractivity contribution in [3.8, 4) is 0 Å². The van der Waals surface area contributed by atoms with Crippen molar-refractivity contribution in [3.63, 3.8) is 0 Å². The molecule has 2 amide bonds. The van der Waals surface area contributed by atoms with Crippen LogP contribution in [0.25, 0.3) is 0 Å². The number of likely N-dealkylation sites (tertiary alicyclic amines) is 2. The van der Waals surface area contributed by atoms with E-state index in [9.17, 15) is 31.1 Å². The third-order valence-corrected chi connectivity index (χ3v) is 6.39. The Morgan fingerprint density at radius 2 is 1.64 bits per heavy atom. The maximum absolute atomic E-state index is 12.3. The standard InChI is InChI=1S/C19H28N4O2.2C2HF3O2/c1-15-5-4-6-17(21-15)10-22-9-16-11-25-14-19(16,13-22)12-20-18(24)23-7-2-3-8-23;2*3-2(4,5)1(6)7/h4-6,16H,2-3,7-14H2,1H3,(H,20,24);2*(H,6,7)/t16-,19+;;/m1../s1. The minimum absolute atomic E-state index is 0.0548. The van der Waals surface area contributed by atoms with Gasteiger partial charge in [0.15, 0.2) is 0 Å². The lowest BCUT2D eigenvalue weighted by molar-refractivity contribution is -0.193. The second-order valence-electron chi connectivity index (χ2n) is 9.47. The number of rotatable bonds is 4. The van der Waals surface area contributed by atoms with E-state index in [2.05, 4.69) is 27.3 Å². The first-order valence-electron chi connectivity index (χ1n) is 11.9. The minimum Gasteiger partial charge on any atom is -0.475 e. The van der Waals surface area contributed by atoms with Gasteiger partial charge in [-0.15, -0.1) is 0 Å². The molecular weight excluding hydrogens is 542 g/mol. The molecule has 1 aromatic rings. The second kappa shape index (κ2) is 13.3. The first-order valence-corrected chi connectivity index (χ1v) is 11.9. The van der Waals surface area contributed by atoms with E-state index in [1.54, 1.807) is 0 Å². The van der Waals surface area contributed by atoms with Crippen molar-refractivity contribution in [3.05, 3.63) is 29.6 Å². The molecule has 3 fully saturated rings. The first-order chi connectivity index (χ1) is 18.0. The average molecular weight is 573 g/mol. The Balaban J connectivity index is 0.000000317. The second-order valence-corrected chi connectivity index (χ2v) is 9.47. The molecule has 0 spiro atoms. The molecule has 0 aromatic carbocycles. The van der Waals surface area contributed by atoms with Crippen LogP contribution in [0.5, 0.6) is 0 Å². The van der Waals surface area contributed by atoms with Crippen molar-refractivity contribution >= 4 is 18.0 Å². The van der Waals surface area contributed by atoms with Crippen LogP contribution in [-0.2, 0) is 20.9 Å². The molecule has 39 heavy (non-hydrogen) atoms. The quantitative estimate of drug-likeness (QED) is 0.470. The predicted molar refractivity (Wildman–Crippen MR) is 123 cm³/mol. The Labute approximate surface area is 219 Å². The number of fused-ring (bicyclic) bond motifs is 1. The van der Waals surface area contributed by atoms with E-state index < -0.39 is 24.3 Å². The Morgan fingerprint density at radius 3 is 2.15 bits per heavy atom. The van der Waals surface area contributed by atoms with Gasteiger partial charge in [0.2, 0.25) is 0 Å². The molecule has 0 unspecified atom stereocenters. The molecule has 0 saturated carbocycles. The number of ether oxygens (including phenoxy) is 1. The van der Waals surface area contributed by atoms with Crippen LogP contribution in [0.2, 0.25) is 0 Å². The number of nitrogens with one attached hydrogen (secondary N) is 1. The van der Waals surface area contributed by atoms with Gasteiger partial charge in [-0.1, -0.05) is 6.07 Å². The van der Waals surface area contributed by atoms with Crippen molar-refractivity contribution in [1.82, 2.24) is 20.1 Å². The van der Waals surface area contributed by atoms with Crippen LogP contribution in [0.4, 0.5) is 31.1 Å². The number of alkyl halides is 6. The molecule has 3 saturated heterocycles. The number of nitrogens with zero attached hydrogens (tertiary/aromatic N) is 3. The summed E-state index contributed by atoms with van der Waals surface area (Å²) in [7, 11) is 0. The molecule has 3 aliphatic rings. The van der Waals surface area contributed by atoms with Crippen molar-refractivity contribution in [2.45, 2.75) is 38.7 Å². The summed E-state index contributed by atoms with van der Waals surface area (Å²) in [6.07, 6.45) is -7.91. The SMILES string of the molecule is Cc1cccc(CN2C[C@@H]3COC[C@]3(CNC(=O)N3CCCC3)C2)n1.O=C(O)C(F)(F)F.O=C(O)C(F)(F)F. The third-order valence-electron chi connectivity index (χ3n) is 6.39. The third kappa shape index (κ3) is 9.84. The fourth-order valence-corrected chi connectivity index (χ4v) is 4.51. The highest BCUT2D eigenvalue weighted by Gasteiger charge is 2.50. The van der Waals surface area contributed by atoms with Gasteiger partial charge in [-0.2, -0.15) is 26.3 Å². The average Bonchev–Trinajstić information content (AvgIpc) is 3.54. The largest absolute Gasteiger partial charge is 0.490 e. The molecule has 4 rings (SSSR count). The highest BCUT2D eigenvalue weighted by molar-refractivity contribution is 5.74. The number of amides is 2. The van der Waals surface area contributed by atoms with Gasteiger partial charge < -0.3 is 25.2 Å². The van der Waals surface area contributed by atoms with E-state index in [-0.39, 0.29) is 11.4 Å². The summed E-state index contributed by atoms with van der Waals surface area (Å²) >= 11 is 0. The van der Waals surface area contributed by atoms with Crippen molar-refractivity contribution in [2.24, 2.45) is 11.3 Å². The number of aromatic nitrogens is 1. The molecule has 0 bridgehead atoms. The molecule has 3 N–H and O–H groups in total. The van der Waals surface area contributed by atoms with Gasteiger partial charge in [0, 0.05) is 56.3 Å². The van der Waals surface area contributed by atoms with E-state index in [1.165, 1.54) is 0 Å². The van der Waals surface area contributed by atoms with Gasteiger partial charge in [-0.25, -0.2) is 14.4 Å². The molecule has 1 aromatic heterocycles. The van der Waals surface area contributed by atoms with Crippen molar-refractivity contribution < 1.29 is 55.7 Å². The van der Waals surface area contributed by atoms with Crippen LogP contribution >= 0.6 is 0 Å². The van der Waals surface area contributed by atoms with Crippen LogP contribution in [0, 0.1) is 18.3 Å². The fraction of sp³-hybridized carbons (Fsp3) is 0.652. The lowest BCUT2D eigenvalue weighted by Crippen LogP contribution is -2.47. The molecule has 4 heterocycles. The minimum atomic E-state index is -5.08. The lowest BCUT2D eigenvalue weighted by Gasteiger charge is -2.29. The molecule has 2 atom stereocenters. The first kappa shape index (κ1) is 32.1. The molecular formula is C23H30F6N4O6. The zero-order chi connectivity index (χ0) is 29.4. The number of carbonyl (C=O) groups excluding carboxylic acids is 1. The lowest BCUT2D eigenvalue weighted by atomic mass is 9.81. The molecule has 16 heteroatoms. The zero-order valence-electron chi connectivity index (χ0n) is 21.0. The van der Waals surface area contributed by atoms with Crippen LogP contribution < -0.4 is 5.32 Å². The maximum Gasteiger partial charge on any atom is 0.490 e. The molecule has 3 aliphatic heterocycles. The van der Waals surface area contributed by atoms with Gasteiger partial charge in [0.25, 0.3) is 0 Å². The Hall–Kier alpha value is -3.14. The van der Waals surface area contributed by atoms with Gasteiger partial charge in [0.1, 0.15) is 0 Å². The van der Waals surface area contributed by atoms with Crippen LogP contribution in [0.15, 0.2) is 18.2 Å². The van der Waals surface area contributed by atoms with Crippen LogP contribution in [-0.4, -0.2) is 101 Å². The summed E-state index contributed by atoms with van der Waals surface area (Å²) in [5.74, 6) is -5.02. The monoisotopic (exact) mass is 572 g/mol. The normalized spacial score (nSPS) is 22.7. The highest BCUT2D eigenvalue weighted by atomic mass is 19.4. The zero-order valence-corrected chi connectivity index (χ0v) is 21.0. The van der Waals surface area contributed by atoms with E-state index in [1.807, 2.05) is 17.9 Å². The van der Waals surface area contributed by atoms with E-state index >= 15 is 0 Å². The molecule has 220 valence electrons. The number of carboxylic acids is 2. The van der Waals surface area contributed by atoms with Crippen molar-refractivity contribution in [2.75, 3.05) is 45.9 Å². The van der Waals surface area contributed by atoms with Crippen LogP contribution in [0.1, 0.15) is 24.2 Å². The van der Waals surface area contributed by atoms with Gasteiger partial charge in [-0.3, -0.25) is 9.88 Å². The van der Waals surface area contributed by atoms with Gasteiger partial charge >= 0.3 is 30.3 Å². The molecule has 0 aliphatic carbocycles. The number of urea groups is 1. The van der Waals surface area contributed by atoms with E-state index in [0.29, 0.717) is 12.5 Å². The van der Waals surface area contributed by atoms with Crippen molar-refractivity contribution in [1.29, 1.82) is 0 Å². The number of hydrogen-bond donors (Lipinski definition) is 3. The molecule has 0 radical (unpaired) electrons. The number of carboxylic acid groups (broad SMARTS) is 2. The Bertz CT molecular complexity index is 978.